The summed E-state index contributed by atoms with van der Waals surface area (Å²) in [7, 11) is 0. The normalized spacial score (nSPS) is 11.2. The van der Waals surface area contributed by atoms with Crippen molar-refractivity contribution in [2.45, 2.75) is 58.4 Å². The third kappa shape index (κ3) is 5.21. The quantitative estimate of drug-likeness (QED) is 0.773. The monoisotopic (exact) mass is 291 g/mol. The van der Waals surface area contributed by atoms with Gasteiger partial charge in [0.15, 0.2) is 0 Å². The number of carboxylic acid groups (broad SMARTS) is 1. The number of carboxylic acids is 1. The van der Waals surface area contributed by atoms with Crippen LogP contribution in [0.1, 0.15) is 50.7 Å². The topological polar surface area (TPSA) is 66.4 Å². The Bertz CT molecular complexity index is 493. The predicted octanol–water partition coefficient (Wildman–Crippen LogP) is 3.08. The summed E-state index contributed by atoms with van der Waals surface area (Å²) in [5.74, 6) is -0.957. The van der Waals surface area contributed by atoms with Gasteiger partial charge in [-0.2, -0.15) is 0 Å². The van der Waals surface area contributed by atoms with Crippen molar-refractivity contribution in [3.05, 3.63) is 35.4 Å². The molecule has 0 fully saturated rings. The second-order valence-corrected chi connectivity index (χ2v) is 5.53. The van der Waals surface area contributed by atoms with E-state index in [2.05, 4.69) is 5.32 Å². The number of nitrogens with one attached hydrogen (secondary N) is 1. The van der Waals surface area contributed by atoms with Crippen LogP contribution in [0.15, 0.2) is 24.3 Å². The van der Waals surface area contributed by atoms with Crippen LogP contribution < -0.4 is 5.32 Å². The van der Waals surface area contributed by atoms with E-state index in [9.17, 15) is 9.59 Å². The molecule has 0 spiro atoms. The van der Waals surface area contributed by atoms with E-state index < -0.39 is 11.5 Å². The first-order chi connectivity index (χ1) is 9.92. The molecule has 0 saturated carbocycles. The Balaban J connectivity index is 2.62. The van der Waals surface area contributed by atoms with Crippen molar-refractivity contribution >= 4 is 11.9 Å². The van der Waals surface area contributed by atoms with Gasteiger partial charge in [-0.3, -0.25) is 9.59 Å². The molecule has 0 saturated heterocycles. The maximum atomic E-state index is 12.1. The molecule has 1 amide bonds. The van der Waals surface area contributed by atoms with Gasteiger partial charge in [0.2, 0.25) is 5.91 Å². The van der Waals surface area contributed by atoms with Crippen LogP contribution in [0.5, 0.6) is 0 Å². The van der Waals surface area contributed by atoms with Crippen molar-refractivity contribution in [2.75, 3.05) is 0 Å². The zero-order chi connectivity index (χ0) is 15.9. The first-order valence-corrected chi connectivity index (χ1v) is 7.49. The van der Waals surface area contributed by atoms with Gasteiger partial charge in [0.05, 0.1) is 6.42 Å². The summed E-state index contributed by atoms with van der Waals surface area (Å²) >= 11 is 0. The number of amides is 1. The van der Waals surface area contributed by atoms with Crippen LogP contribution in [-0.4, -0.2) is 22.5 Å². The molecular weight excluding hydrogens is 266 g/mol. The predicted molar refractivity (Wildman–Crippen MR) is 83.2 cm³/mol. The Hall–Kier alpha value is -1.84. The van der Waals surface area contributed by atoms with E-state index in [1.165, 1.54) is 5.56 Å². The van der Waals surface area contributed by atoms with Crippen molar-refractivity contribution in [1.29, 1.82) is 0 Å². The molecule has 4 heteroatoms. The third-order valence-electron chi connectivity index (χ3n) is 4.13. The number of hydrogen-bond donors (Lipinski definition) is 2. The smallest absolute Gasteiger partial charge is 0.305 e. The highest BCUT2D eigenvalue weighted by molar-refractivity contribution is 5.78. The second-order valence-electron chi connectivity index (χ2n) is 5.53. The van der Waals surface area contributed by atoms with Gasteiger partial charge in [-0.1, -0.05) is 38.1 Å². The van der Waals surface area contributed by atoms with Crippen LogP contribution in [0.25, 0.3) is 0 Å². The number of carbonyl (C=O) groups excluding carboxylic acids is 1. The van der Waals surface area contributed by atoms with Crippen LogP contribution >= 0.6 is 0 Å². The summed E-state index contributed by atoms with van der Waals surface area (Å²) in [6.45, 7) is 5.85. The highest BCUT2D eigenvalue weighted by Gasteiger charge is 2.30. The first kappa shape index (κ1) is 17.2. The number of hydrogen-bond acceptors (Lipinski definition) is 2. The van der Waals surface area contributed by atoms with Crippen molar-refractivity contribution in [1.82, 2.24) is 5.32 Å². The molecule has 1 rings (SSSR count). The van der Waals surface area contributed by atoms with Gasteiger partial charge in [-0.05, 0) is 37.3 Å². The second kappa shape index (κ2) is 7.81. The number of rotatable bonds is 8. The number of aryl methyl sites for hydroxylation is 2. The molecule has 0 unspecified atom stereocenters. The molecule has 2 N–H and O–H groups in total. The van der Waals surface area contributed by atoms with Gasteiger partial charge in [-0.15, -0.1) is 0 Å². The SMILES string of the molecule is CCC(CC)(CC(=O)O)NC(=O)CCc1ccccc1C. The Morgan fingerprint density at radius 3 is 2.33 bits per heavy atom. The largest absolute Gasteiger partial charge is 0.481 e. The minimum Gasteiger partial charge on any atom is -0.481 e. The van der Waals surface area contributed by atoms with E-state index in [-0.39, 0.29) is 12.3 Å². The zero-order valence-electron chi connectivity index (χ0n) is 13.1. The van der Waals surface area contributed by atoms with Gasteiger partial charge < -0.3 is 10.4 Å². The zero-order valence-corrected chi connectivity index (χ0v) is 13.1. The highest BCUT2D eigenvalue weighted by atomic mass is 16.4. The molecule has 0 aliphatic rings. The third-order valence-corrected chi connectivity index (χ3v) is 4.13. The van der Waals surface area contributed by atoms with Gasteiger partial charge in [0.1, 0.15) is 0 Å². The average Bonchev–Trinajstić information content (AvgIpc) is 2.45. The number of aliphatic carboxylic acids is 1. The van der Waals surface area contributed by atoms with Gasteiger partial charge in [0.25, 0.3) is 0 Å². The lowest BCUT2D eigenvalue weighted by atomic mass is 9.88. The van der Waals surface area contributed by atoms with Crippen LogP contribution in [0, 0.1) is 6.92 Å². The summed E-state index contributed by atoms with van der Waals surface area (Å²) < 4.78 is 0. The molecule has 0 heterocycles. The summed E-state index contributed by atoms with van der Waals surface area (Å²) in [5, 5.41) is 11.9. The van der Waals surface area contributed by atoms with Crippen LogP contribution in [0.4, 0.5) is 0 Å². The molecule has 0 aromatic heterocycles. The van der Waals surface area contributed by atoms with Crippen LogP contribution in [0.3, 0.4) is 0 Å². The van der Waals surface area contributed by atoms with Crippen LogP contribution in [-0.2, 0) is 16.0 Å². The highest BCUT2D eigenvalue weighted by Crippen LogP contribution is 2.20. The lowest BCUT2D eigenvalue weighted by Gasteiger charge is -2.31. The van der Waals surface area contributed by atoms with Crippen molar-refractivity contribution in [2.24, 2.45) is 0 Å². The molecule has 0 radical (unpaired) electrons. The Morgan fingerprint density at radius 2 is 1.81 bits per heavy atom. The van der Waals surface area contributed by atoms with Crippen LogP contribution in [0.2, 0.25) is 0 Å². The molecular formula is C17H25NO3. The van der Waals surface area contributed by atoms with Gasteiger partial charge in [0, 0.05) is 12.0 Å². The Kier molecular flexibility index (Phi) is 6.40. The molecule has 21 heavy (non-hydrogen) atoms. The Labute approximate surface area is 126 Å². The van der Waals surface area contributed by atoms with E-state index in [4.69, 9.17) is 5.11 Å². The molecule has 0 aliphatic carbocycles. The fraction of sp³-hybridized carbons (Fsp3) is 0.529. The van der Waals surface area contributed by atoms with Crippen molar-refractivity contribution < 1.29 is 14.7 Å². The van der Waals surface area contributed by atoms with Gasteiger partial charge >= 0.3 is 5.97 Å². The molecule has 0 aliphatic heterocycles. The Morgan fingerprint density at radius 1 is 1.19 bits per heavy atom. The van der Waals surface area contributed by atoms with E-state index in [1.54, 1.807) is 0 Å². The minimum atomic E-state index is -0.877. The lowest BCUT2D eigenvalue weighted by molar-refractivity contribution is -0.139. The van der Waals surface area contributed by atoms with E-state index in [1.807, 2.05) is 45.0 Å². The number of benzene rings is 1. The number of carbonyl (C=O) groups is 2. The maximum absolute atomic E-state index is 12.1. The molecule has 1 aromatic carbocycles. The molecule has 1 aromatic rings. The van der Waals surface area contributed by atoms with E-state index in [0.717, 1.165) is 5.56 Å². The fourth-order valence-corrected chi connectivity index (χ4v) is 2.51. The van der Waals surface area contributed by atoms with Crippen molar-refractivity contribution in [3.8, 4) is 0 Å². The van der Waals surface area contributed by atoms with Crippen molar-refractivity contribution in [3.63, 3.8) is 0 Å². The molecule has 0 atom stereocenters. The summed E-state index contributed by atoms with van der Waals surface area (Å²) in [4.78, 5) is 23.1. The van der Waals surface area contributed by atoms with E-state index in [0.29, 0.717) is 25.7 Å². The fourth-order valence-electron chi connectivity index (χ4n) is 2.51. The standard InChI is InChI=1S/C17H25NO3/c1-4-17(5-2,12-16(20)21)18-15(19)11-10-14-9-7-6-8-13(14)3/h6-9H,4-5,10-12H2,1-3H3,(H,18,19)(H,20,21). The average molecular weight is 291 g/mol. The summed E-state index contributed by atoms with van der Waals surface area (Å²) in [6.07, 6.45) is 2.26. The summed E-state index contributed by atoms with van der Waals surface area (Å²) in [6, 6.07) is 7.99. The minimum absolute atomic E-state index is 0.0316. The lowest BCUT2D eigenvalue weighted by Crippen LogP contribution is -2.49. The summed E-state index contributed by atoms with van der Waals surface area (Å²) in [5.41, 5.74) is 1.70. The molecule has 0 bridgehead atoms. The maximum Gasteiger partial charge on any atom is 0.305 e. The molecule has 4 nitrogen and oxygen atoms in total. The van der Waals surface area contributed by atoms with Gasteiger partial charge in [-0.25, -0.2) is 0 Å². The first-order valence-electron chi connectivity index (χ1n) is 7.49. The molecule has 116 valence electrons. The van der Waals surface area contributed by atoms with E-state index >= 15 is 0 Å².